The molecule has 0 N–H and O–H groups in total. The third-order valence-electron chi connectivity index (χ3n) is 5.11. The van der Waals surface area contributed by atoms with Gasteiger partial charge >= 0.3 is 5.97 Å². The van der Waals surface area contributed by atoms with E-state index in [-0.39, 0.29) is 5.97 Å². The van der Waals surface area contributed by atoms with Gasteiger partial charge in [-0.2, -0.15) is 0 Å². The lowest BCUT2D eigenvalue weighted by Gasteiger charge is -2.08. The molecular formula is C23H20O2. The number of hydrogen-bond acceptors (Lipinski definition) is 2. The van der Waals surface area contributed by atoms with E-state index in [4.69, 9.17) is 4.74 Å². The van der Waals surface area contributed by atoms with Gasteiger partial charge in [0.15, 0.2) is 0 Å². The van der Waals surface area contributed by atoms with Crippen LogP contribution in [0.5, 0.6) is 0 Å². The average molecular weight is 328 g/mol. The van der Waals surface area contributed by atoms with Crippen LogP contribution < -0.4 is 0 Å². The highest BCUT2D eigenvalue weighted by Gasteiger charge is 2.53. The molecule has 0 aliphatic heterocycles. The third-order valence-corrected chi connectivity index (χ3v) is 5.11. The van der Waals surface area contributed by atoms with Crippen molar-refractivity contribution in [2.75, 3.05) is 7.11 Å². The molecule has 1 aliphatic rings. The van der Waals surface area contributed by atoms with E-state index in [9.17, 15) is 4.79 Å². The van der Waals surface area contributed by atoms with Crippen molar-refractivity contribution in [3.63, 3.8) is 0 Å². The number of benzene rings is 3. The zero-order valence-electron chi connectivity index (χ0n) is 14.1. The number of ether oxygens (including phenoxy) is 1. The summed E-state index contributed by atoms with van der Waals surface area (Å²) >= 11 is 0. The summed E-state index contributed by atoms with van der Waals surface area (Å²) in [5.41, 5.74) is 4.40. The molecule has 25 heavy (non-hydrogen) atoms. The van der Waals surface area contributed by atoms with E-state index >= 15 is 0 Å². The van der Waals surface area contributed by atoms with Crippen molar-refractivity contribution >= 4 is 5.97 Å². The normalized spacial score (nSPS) is 21.6. The maximum absolute atomic E-state index is 12.2. The quantitative estimate of drug-likeness (QED) is 0.620. The molecule has 124 valence electrons. The first-order valence-electron chi connectivity index (χ1n) is 8.58. The predicted octanol–water partition coefficient (Wildman–Crippen LogP) is 5.14. The van der Waals surface area contributed by atoms with Crippen LogP contribution in [0.3, 0.4) is 0 Å². The number of carbonyl (C=O) groups excluding carboxylic acids is 1. The monoisotopic (exact) mass is 328 g/mol. The number of hydrogen-bond donors (Lipinski definition) is 0. The lowest BCUT2D eigenvalue weighted by atomic mass is 9.99. The highest BCUT2D eigenvalue weighted by molar-refractivity contribution is 5.91. The Balaban J connectivity index is 1.79. The number of methoxy groups -OCH3 is 1. The van der Waals surface area contributed by atoms with Crippen LogP contribution in [0.2, 0.25) is 0 Å². The van der Waals surface area contributed by atoms with E-state index in [0.717, 1.165) is 5.56 Å². The minimum Gasteiger partial charge on any atom is -0.465 e. The Bertz CT molecular complexity index is 825. The molecule has 0 bridgehead atoms. The van der Waals surface area contributed by atoms with Crippen LogP contribution in [-0.2, 0) is 4.74 Å². The van der Waals surface area contributed by atoms with E-state index in [1.165, 1.54) is 18.2 Å². The maximum Gasteiger partial charge on any atom is 0.338 e. The largest absolute Gasteiger partial charge is 0.465 e. The van der Waals surface area contributed by atoms with Crippen LogP contribution in [0.1, 0.15) is 44.8 Å². The van der Waals surface area contributed by atoms with Gasteiger partial charge in [-0.3, -0.25) is 0 Å². The molecule has 1 saturated carbocycles. The molecule has 0 radical (unpaired) electrons. The second-order valence-electron chi connectivity index (χ2n) is 6.48. The fourth-order valence-electron chi connectivity index (χ4n) is 3.96. The van der Waals surface area contributed by atoms with Gasteiger partial charge in [0.25, 0.3) is 0 Å². The van der Waals surface area contributed by atoms with Crippen molar-refractivity contribution < 1.29 is 9.53 Å². The summed E-state index contributed by atoms with van der Waals surface area (Å²) < 4.78 is 5.00. The van der Waals surface area contributed by atoms with E-state index in [2.05, 4.69) is 54.6 Å². The summed E-state index contributed by atoms with van der Waals surface area (Å²) in [5.74, 6) is 0.796. The zero-order valence-corrected chi connectivity index (χ0v) is 14.1. The topological polar surface area (TPSA) is 26.3 Å². The molecule has 3 aromatic rings. The van der Waals surface area contributed by atoms with Crippen LogP contribution in [0.15, 0.2) is 84.9 Å². The first kappa shape index (κ1) is 15.6. The smallest absolute Gasteiger partial charge is 0.338 e. The van der Waals surface area contributed by atoms with Crippen molar-refractivity contribution in [2.24, 2.45) is 0 Å². The van der Waals surface area contributed by atoms with Gasteiger partial charge in [-0.1, -0.05) is 78.9 Å². The lowest BCUT2D eigenvalue weighted by Crippen LogP contribution is -2.05. The molecule has 2 heteroatoms. The van der Waals surface area contributed by atoms with Crippen LogP contribution in [0, 0.1) is 0 Å². The van der Waals surface area contributed by atoms with Gasteiger partial charge in [0, 0.05) is 0 Å². The summed E-state index contributed by atoms with van der Waals surface area (Å²) in [5, 5.41) is 0. The van der Waals surface area contributed by atoms with Gasteiger partial charge < -0.3 is 4.74 Å². The Hall–Kier alpha value is -2.87. The molecule has 0 aromatic heterocycles. The Kier molecular flexibility index (Phi) is 4.10. The SMILES string of the molecule is COC(=O)c1ccccc1C1C(c2ccccc2)C1c1ccccc1. The number of carbonyl (C=O) groups is 1. The molecule has 3 aromatic carbocycles. The molecule has 0 heterocycles. The summed E-state index contributed by atoms with van der Waals surface area (Å²) in [6.45, 7) is 0. The highest BCUT2D eigenvalue weighted by atomic mass is 16.5. The molecule has 1 fully saturated rings. The standard InChI is InChI=1S/C23H20O2/c1-25-23(24)19-15-9-8-14-18(19)22-20(16-10-4-2-5-11-16)21(22)17-12-6-3-7-13-17/h2-15,20-22H,1H3. The van der Waals surface area contributed by atoms with Crippen LogP contribution in [0.25, 0.3) is 0 Å². The van der Waals surface area contributed by atoms with Crippen LogP contribution in [0.4, 0.5) is 0 Å². The van der Waals surface area contributed by atoms with Gasteiger partial charge in [-0.05, 0) is 40.5 Å². The Morgan fingerprint density at radius 3 is 1.68 bits per heavy atom. The molecule has 2 unspecified atom stereocenters. The molecule has 0 amide bonds. The molecule has 0 spiro atoms. The van der Waals surface area contributed by atoms with E-state index in [1.54, 1.807) is 0 Å². The minimum absolute atomic E-state index is 0.263. The van der Waals surface area contributed by atoms with Gasteiger partial charge in [0.1, 0.15) is 0 Å². The van der Waals surface area contributed by atoms with E-state index in [0.29, 0.717) is 23.3 Å². The van der Waals surface area contributed by atoms with Gasteiger partial charge in [-0.15, -0.1) is 0 Å². The van der Waals surface area contributed by atoms with E-state index in [1.807, 2.05) is 30.3 Å². The minimum atomic E-state index is -0.263. The Morgan fingerprint density at radius 2 is 1.16 bits per heavy atom. The molecular weight excluding hydrogens is 308 g/mol. The lowest BCUT2D eigenvalue weighted by molar-refractivity contribution is 0.0599. The average Bonchev–Trinajstić information content (AvgIpc) is 3.44. The van der Waals surface area contributed by atoms with Gasteiger partial charge in [-0.25, -0.2) is 4.79 Å². The summed E-state index contributed by atoms with van der Waals surface area (Å²) in [6.07, 6.45) is 0. The van der Waals surface area contributed by atoms with Crippen molar-refractivity contribution in [3.05, 3.63) is 107 Å². The van der Waals surface area contributed by atoms with Crippen molar-refractivity contribution in [3.8, 4) is 0 Å². The van der Waals surface area contributed by atoms with Crippen molar-refractivity contribution in [1.82, 2.24) is 0 Å². The first-order valence-corrected chi connectivity index (χ1v) is 8.58. The van der Waals surface area contributed by atoms with Crippen molar-refractivity contribution in [2.45, 2.75) is 17.8 Å². The molecule has 1 aliphatic carbocycles. The fourth-order valence-corrected chi connectivity index (χ4v) is 3.96. The van der Waals surface area contributed by atoms with Crippen LogP contribution >= 0.6 is 0 Å². The van der Waals surface area contributed by atoms with Crippen LogP contribution in [-0.4, -0.2) is 13.1 Å². The third kappa shape index (κ3) is 2.85. The van der Waals surface area contributed by atoms with E-state index < -0.39 is 0 Å². The second-order valence-corrected chi connectivity index (χ2v) is 6.48. The molecule has 2 nitrogen and oxygen atoms in total. The number of rotatable bonds is 4. The zero-order chi connectivity index (χ0) is 17.2. The van der Waals surface area contributed by atoms with Gasteiger partial charge in [0.05, 0.1) is 12.7 Å². The molecule has 2 atom stereocenters. The van der Waals surface area contributed by atoms with Gasteiger partial charge in [0.2, 0.25) is 0 Å². The maximum atomic E-state index is 12.2. The summed E-state index contributed by atoms with van der Waals surface area (Å²) in [4.78, 5) is 12.2. The van der Waals surface area contributed by atoms with Crippen molar-refractivity contribution in [1.29, 1.82) is 0 Å². The molecule has 0 saturated heterocycles. The fraction of sp³-hybridized carbons (Fsp3) is 0.174. The second kappa shape index (κ2) is 6.56. The summed E-state index contributed by atoms with van der Waals surface area (Å²) in [7, 11) is 1.44. The Morgan fingerprint density at radius 1 is 0.680 bits per heavy atom. The highest BCUT2D eigenvalue weighted by Crippen LogP contribution is 2.66. The first-order chi connectivity index (χ1) is 12.3. The Labute approximate surface area is 148 Å². The summed E-state index contributed by atoms with van der Waals surface area (Å²) in [6, 6.07) is 29.0. The number of esters is 1. The predicted molar refractivity (Wildman–Crippen MR) is 98.9 cm³/mol. The molecule has 4 rings (SSSR count).